The molecule has 0 saturated carbocycles. The van der Waals surface area contributed by atoms with Gasteiger partial charge >= 0.3 is 17.8 Å². The summed E-state index contributed by atoms with van der Waals surface area (Å²) in [5.41, 5.74) is 0. The average Bonchev–Trinajstić information content (AvgIpc) is 2.70. The van der Waals surface area contributed by atoms with Crippen LogP contribution in [0.25, 0.3) is 17.8 Å². The van der Waals surface area contributed by atoms with Gasteiger partial charge in [-0.1, -0.05) is 18.2 Å². The fourth-order valence-corrected chi connectivity index (χ4v) is 2.29. The molecule has 9 heteroatoms. The number of aromatic nitrogens is 6. The molecule has 0 aliphatic rings. The van der Waals surface area contributed by atoms with Gasteiger partial charge in [-0.15, -0.1) is 0 Å². The van der Waals surface area contributed by atoms with Crippen molar-refractivity contribution >= 4 is 0 Å². The lowest BCUT2D eigenvalue weighted by atomic mass is 10.5. The third-order valence-electron chi connectivity index (χ3n) is 3.44. The summed E-state index contributed by atoms with van der Waals surface area (Å²) in [7, 11) is 0. The van der Waals surface area contributed by atoms with E-state index in [1.54, 1.807) is 0 Å². The third-order valence-corrected chi connectivity index (χ3v) is 3.44. The number of nitrogens with zero attached hydrogens (tertiary/aromatic N) is 6. The number of hydrogen-bond donors (Lipinski definition) is 0. The van der Waals surface area contributed by atoms with Crippen molar-refractivity contribution in [1.29, 1.82) is 0 Å². The molecular formula is C18H15Cl3N6. The van der Waals surface area contributed by atoms with Gasteiger partial charge in [-0.25, -0.2) is 13.7 Å². The Balaban J connectivity index is 0.00000121. The van der Waals surface area contributed by atoms with Crippen LogP contribution < -0.4 is 50.9 Å². The molecule has 0 fully saturated rings. The summed E-state index contributed by atoms with van der Waals surface area (Å²) in [4.78, 5) is 13.8. The van der Waals surface area contributed by atoms with Gasteiger partial charge in [-0.3, -0.25) is 0 Å². The highest BCUT2D eigenvalue weighted by atomic mass is 35.5. The van der Waals surface area contributed by atoms with E-state index in [0.29, 0.717) is 17.8 Å². The second-order valence-corrected chi connectivity index (χ2v) is 5.08. The summed E-state index contributed by atoms with van der Waals surface area (Å²) >= 11 is 0. The van der Waals surface area contributed by atoms with Crippen LogP contribution >= 0.6 is 0 Å². The lowest BCUT2D eigenvalue weighted by Crippen LogP contribution is -3.00. The van der Waals surface area contributed by atoms with Crippen molar-refractivity contribution in [2.75, 3.05) is 0 Å². The van der Waals surface area contributed by atoms with Crippen LogP contribution in [0.3, 0.4) is 0 Å². The van der Waals surface area contributed by atoms with E-state index in [4.69, 9.17) is 0 Å². The standard InChI is InChI=1S/C18H15N6.3ClH/c1-4-10-22(11-5-1)16-19-17(23-12-6-2-7-13-23)21-18(20-16)24-14-8-3-9-15-24;;;/h1-15H;3*1H/q+3;;;/p-3. The van der Waals surface area contributed by atoms with E-state index in [9.17, 15) is 0 Å². The first-order valence-electron chi connectivity index (χ1n) is 7.56. The average molecular weight is 422 g/mol. The minimum absolute atomic E-state index is 0. The molecule has 0 aliphatic carbocycles. The maximum Gasteiger partial charge on any atom is 0.449 e. The molecule has 0 radical (unpaired) electrons. The zero-order chi connectivity index (χ0) is 16.2. The fourth-order valence-electron chi connectivity index (χ4n) is 2.29. The van der Waals surface area contributed by atoms with Crippen molar-refractivity contribution in [2.45, 2.75) is 0 Å². The predicted molar refractivity (Wildman–Crippen MR) is 84.4 cm³/mol. The third kappa shape index (κ3) is 5.17. The van der Waals surface area contributed by atoms with Crippen molar-refractivity contribution in [3.05, 3.63) is 91.8 Å². The molecule has 0 atom stereocenters. The minimum atomic E-state index is 0. The number of rotatable bonds is 3. The van der Waals surface area contributed by atoms with Crippen LogP contribution in [0.4, 0.5) is 0 Å². The maximum atomic E-state index is 4.59. The molecule has 0 aromatic carbocycles. The zero-order valence-electron chi connectivity index (χ0n) is 14.0. The highest BCUT2D eigenvalue weighted by molar-refractivity contribution is 5.10. The predicted octanol–water partition coefficient (Wildman–Crippen LogP) is -8.29. The Labute approximate surface area is 175 Å². The van der Waals surface area contributed by atoms with E-state index < -0.39 is 0 Å². The van der Waals surface area contributed by atoms with Crippen molar-refractivity contribution < 1.29 is 50.9 Å². The molecular weight excluding hydrogens is 407 g/mol. The quantitative estimate of drug-likeness (QED) is 0.309. The molecule has 0 saturated heterocycles. The molecule has 4 rings (SSSR count). The van der Waals surface area contributed by atoms with Crippen LogP contribution in [0, 0.1) is 0 Å². The molecule has 4 aromatic rings. The molecule has 0 amide bonds. The summed E-state index contributed by atoms with van der Waals surface area (Å²) in [6.45, 7) is 0. The van der Waals surface area contributed by atoms with E-state index >= 15 is 0 Å². The van der Waals surface area contributed by atoms with Crippen molar-refractivity contribution in [1.82, 2.24) is 15.0 Å². The van der Waals surface area contributed by atoms with Crippen LogP contribution in [0.15, 0.2) is 91.8 Å². The molecule has 0 aliphatic heterocycles. The highest BCUT2D eigenvalue weighted by Crippen LogP contribution is 1.97. The van der Waals surface area contributed by atoms with Crippen molar-refractivity contribution in [3.63, 3.8) is 0 Å². The van der Waals surface area contributed by atoms with Crippen LogP contribution in [0.5, 0.6) is 0 Å². The van der Waals surface area contributed by atoms with Gasteiger partial charge in [0.05, 0.1) is 37.2 Å². The molecule has 4 heterocycles. The summed E-state index contributed by atoms with van der Waals surface area (Å²) in [6.07, 6.45) is 11.5. The molecule has 0 N–H and O–H groups in total. The van der Waals surface area contributed by atoms with Gasteiger partial charge < -0.3 is 37.2 Å². The molecule has 4 aromatic heterocycles. The van der Waals surface area contributed by atoms with Crippen molar-refractivity contribution in [2.24, 2.45) is 0 Å². The Bertz CT molecular complexity index is 817. The first kappa shape index (κ1) is 22.4. The Hall–Kier alpha value is -2.67. The van der Waals surface area contributed by atoms with Gasteiger partial charge in [-0.05, 0) is 36.4 Å². The highest BCUT2D eigenvalue weighted by Gasteiger charge is 2.25. The maximum absolute atomic E-state index is 4.59. The largest absolute Gasteiger partial charge is 1.00 e. The van der Waals surface area contributed by atoms with Gasteiger partial charge in [0.2, 0.25) is 0 Å². The van der Waals surface area contributed by atoms with Crippen LogP contribution in [-0.4, -0.2) is 15.0 Å². The molecule has 6 nitrogen and oxygen atoms in total. The second kappa shape index (κ2) is 10.5. The minimum Gasteiger partial charge on any atom is -1.00 e. The Morgan fingerprint density at radius 3 is 0.815 bits per heavy atom. The summed E-state index contributed by atoms with van der Waals surface area (Å²) in [6, 6.07) is 17.5. The molecule has 138 valence electrons. The number of halogens is 3. The molecule has 0 bridgehead atoms. The van der Waals surface area contributed by atoms with E-state index in [2.05, 4.69) is 15.0 Å². The van der Waals surface area contributed by atoms with Gasteiger partial charge in [-0.2, -0.15) is 0 Å². The van der Waals surface area contributed by atoms with Crippen molar-refractivity contribution in [3.8, 4) is 17.8 Å². The normalized spacial score (nSPS) is 9.33. The van der Waals surface area contributed by atoms with E-state index in [1.165, 1.54) is 0 Å². The van der Waals surface area contributed by atoms with E-state index in [-0.39, 0.29) is 37.2 Å². The fraction of sp³-hybridized carbons (Fsp3) is 0. The monoisotopic (exact) mass is 420 g/mol. The summed E-state index contributed by atoms with van der Waals surface area (Å²) in [5, 5.41) is 0. The van der Waals surface area contributed by atoms with Crippen LogP contribution in [0.2, 0.25) is 0 Å². The summed E-state index contributed by atoms with van der Waals surface area (Å²) in [5.74, 6) is 1.68. The first-order valence-corrected chi connectivity index (χ1v) is 7.56. The Morgan fingerprint density at radius 1 is 0.370 bits per heavy atom. The van der Waals surface area contributed by atoms with Gasteiger partial charge in [0.25, 0.3) is 0 Å². The molecule has 0 unspecified atom stereocenters. The van der Waals surface area contributed by atoms with Crippen LogP contribution in [-0.2, 0) is 0 Å². The summed E-state index contributed by atoms with van der Waals surface area (Å²) < 4.78 is 5.59. The van der Waals surface area contributed by atoms with Gasteiger partial charge in [0.15, 0.2) is 0 Å². The lowest BCUT2D eigenvalue weighted by Gasteiger charge is -1.99. The molecule has 27 heavy (non-hydrogen) atoms. The Kier molecular flexibility index (Phi) is 8.68. The van der Waals surface area contributed by atoms with E-state index in [1.807, 2.05) is 105 Å². The van der Waals surface area contributed by atoms with Gasteiger partial charge in [0.1, 0.15) is 0 Å². The zero-order valence-corrected chi connectivity index (χ0v) is 16.2. The van der Waals surface area contributed by atoms with E-state index in [0.717, 1.165) is 0 Å². The SMILES string of the molecule is [Cl-].[Cl-].[Cl-].c1cc[n+](-c2nc(-[n+]3ccccc3)nc(-[n+]3ccccc3)n2)cc1. The van der Waals surface area contributed by atoms with Crippen LogP contribution in [0.1, 0.15) is 0 Å². The lowest BCUT2D eigenvalue weighted by molar-refractivity contribution is -0.629. The smallest absolute Gasteiger partial charge is 0.449 e. The van der Waals surface area contributed by atoms with Gasteiger partial charge in [0, 0.05) is 15.0 Å². The first-order chi connectivity index (χ1) is 11.9. The number of hydrogen-bond acceptors (Lipinski definition) is 3. The Morgan fingerprint density at radius 2 is 0.593 bits per heavy atom. The topological polar surface area (TPSA) is 50.3 Å². The molecule has 0 spiro atoms. The second-order valence-electron chi connectivity index (χ2n) is 5.08. The number of pyridine rings is 3.